The van der Waals surface area contributed by atoms with Gasteiger partial charge in [-0.05, 0) is 30.2 Å². The van der Waals surface area contributed by atoms with Crippen LogP contribution in [-0.4, -0.2) is 44.1 Å². The standard InChI is InChI=1S/C14H16ClNO4S/c15-13-10-12(4-2-11(13)3-5-14(17)18)16-6-1-8-21(19,20)9-7-16/h2-5,10H,1,6-9H2,(H,17,18)/b5-3+. The van der Waals surface area contributed by atoms with Gasteiger partial charge < -0.3 is 10.0 Å². The van der Waals surface area contributed by atoms with E-state index in [-0.39, 0.29) is 11.5 Å². The van der Waals surface area contributed by atoms with Crippen molar-refractivity contribution >= 4 is 39.2 Å². The summed E-state index contributed by atoms with van der Waals surface area (Å²) in [5.41, 5.74) is 1.47. The van der Waals surface area contributed by atoms with Crippen molar-refractivity contribution in [3.8, 4) is 0 Å². The molecule has 0 radical (unpaired) electrons. The number of carboxylic acids is 1. The third-order valence-corrected chi connectivity index (χ3v) is 5.35. The fraction of sp³-hybridized carbons (Fsp3) is 0.357. The predicted octanol–water partition coefficient (Wildman–Crippen LogP) is 2.06. The Morgan fingerprint density at radius 1 is 1.29 bits per heavy atom. The zero-order valence-corrected chi connectivity index (χ0v) is 12.9. The highest BCUT2D eigenvalue weighted by molar-refractivity contribution is 7.91. The zero-order valence-electron chi connectivity index (χ0n) is 11.3. The second-order valence-electron chi connectivity index (χ2n) is 4.87. The van der Waals surface area contributed by atoms with Crippen LogP contribution in [0.5, 0.6) is 0 Å². The molecule has 1 aromatic rings. The van der Waals surface area contributed by atoms with Crippen molar-refractivity contribution in [1.29, 1.82) is 0 Å². The SMILES string of the molecule is O=C(O)/C=C/c1ccc(N2CCCS(=O)(=O)CC2)cc1Cl. The highest BCUT2D eigenvalue weighted by Gasteiger charge is 2.19. The molecule has 0 spiro atoms. The number of aliphatic carboxylic acids is 1. The highest BCUT2D eigenvalue weighted by Crippen LogP contribution is 2.25. The Morgan fingerprint density at radius 2 is 2.05 bits per heavy atom. The van der Waals surface area contributed by atoms with Crippen molar-refractivity contribution in [2.24, 2.45) is 0 Å². The molecule has 0 bridgehead atoms. The van der Waals surface area contributed by atoms with E-state index in [1.54, 1.807) is 12.1 Å². The van der Waals surface area contributed by atoms with Gasteiger partial charge in [0.2, 0.25) is 0 Å². The van der Waals surface area contributed by atoms with Gasteiger partial charge in [-0.25, -0.2) is 13.2 Å². The van der Waals surface area contributed by atoms with Crippen LogP contribution < -0.4 is 4.90 Å². The lowest BCUT2D eigenvalue weighted by atomic mass is 10.1. The summed E-state index contributed by atoms with van der Waals surface area (Å²) in [5.74, 6) is -0.671. The number of hydrogen-bond acceptors (Lipinski definition) is 4. The van der Waals surface area contributed by atoms with E-state index in [4.69, 9.17) is 16.7 Å². The molecule has 0 amide bonds. The Balaban J connectivity index is 2.18. The van der Waals surface area contributed by atoms with Gasteiger partial charge in [0.1, 0.15) is 0 Å². The van der Waals surface area contributed by atoms with E-state index in [1.165, 1.54) is 6.08 Å². The maximum atomic E-state index is 11.6. The van der Waals surface area contributed by atoms with Crippen LogP contribution in [0.1, 0.15) is 12.0 Å². The van der Waals surface area contributed by atoms with E-state index in [9.17, 15) is 13.2 Å². The lowest BCUT2D eigenvalue weighted by molar-refractivity contribution is -0.131. The summed E-state index contributed by atoms with van der Waals surface area (Å²) in [7, 11) is -2.95. The van der Waals surface area contributed by atoms with Gasteiger partial charge in [0, 0.05) is 29.9 Å². The molecule has 114 valence electrons. The molecule has 1 N–H and O–H groups in total. The molecule has 0 aliphatic carbocycles. The third kappa shape index (κ3) is 4.47. The van der Waals surface area contributed by atoms with Crippen molar-refractivity contribution in [2.75, 3.05) is 29.5 Å². The van der Waals surface area contributed by atoms with E-state index >= 15 is 0 Å². The van der Waals surface area contributed by atoms with Gasteiger partial charge in [-0.1, -0.05) is 17.7 Å². The number of carbonyl (C=O) groups is 1. The van der Waals surface area contributed by atoms with Crippen molar-refractivity contribution in [1.82, 2.24) is 0 Å². The molecule has 1 heterocycles. The number of nitrogens with zero attached hydrogens (tertiary/aromatic N) is 1. The number of benzene rings is 1. The Labute approximate surface area is 128 Å². The fourth-order valence-electron chi connectivity index (χ4n) is 2.21. The molecule has 0 saturated carbocycles. The van der Waals surface area contributed by atoms with Gasteiger partial charge in [0.05, 0.1) is 11.5 Å². The minimum Gasteiger partial charge on any atom is -0.478 e. The average molecular weight is 330 g/mol. The molecule has 1 aliphatic heterocycles. The van der Waals surface area contributed by atoms with Crippen molar-refractivity contribution in [3.05, 3.63) is 34.9 Å². The molecule has 5 nitrogen and oxygen atoms in total. The van der Waals surface area contributed by atoms with Gasteiger partial charge in [0.15, 0.2) is 9.84 Å². The summed E-state index contributed by atoms with van der Waals surface area (Å²) in [5, 5.41) is 9.05. The first-order chi connectivity index (χ1) is 9.87. The first-order valence-electron chi connectivity index (χ1n) is 6.53. The van der Waals surface area contributed by atoms with E-state index in [1.807, 2.05) is 11.0 Å². The van der Waals surface area contributed by atoms with Gasteiger partial charge >= 0.3 is 5.97 Å². The van der Waals surface area contributed by atoms with Crippen LogP contribution in [0.2, 0.25) is 5.02 Å². The predicted molar refractivity (Wildman–Crippen MR) is 83.6 cm³/mol. The van der Waals surface area contributed by atoms with Crippen molar-refractivity contribution < 1.29 is 18.3 Å². The Hall–Kier alpha value is -1.53. The number of sulfone groups is 1. The first-order valence-corrected chi connectivity index (χ1v) is 8.73. The summed E-state index contributed by atoms with van der Waals surface area (Å²) in [4.78, 5) is 12.5. The second-order valence-corrected chi connectivity index (χ2v) is 7.58. The van der Waals surface area contributed by atoms with E-state index < -0.39 is 15.8 Å². The number of hydrogen-bond donors (Lipinski definition) is 1. The van der Waals surface area contributed by atoms with Gasteiger partial charge in [-0.3, -0.25) is 0 Å². The fourth-order valence-corrected chi connectivity index (χ4v) is 3.72. The molecule has 0 aromatic heterocycles. The number of rotatable bonds is 3. The van der Waals surface area contributed by atoms with Gasteiger partial charge in [0.25, 0.3) is 0 Å². The molecule has 1 saturated heterocycles. The normalized spacial score (nSPS) is 18.6. The van der Waals surface area contributed by atoms with Crippen LogP contribution >= 0.6 is 11.6 Å². The maximum Gasteiger partial charge on any atom is 0.328 e. The smallest absolute Gasteiger partial charge is 0.328 e. The van der Waals surface area contributed by atoms with Crippen LogP contribution in [0.15, 0.2) is 24.3 Å². The minimum absolute atomic E-state index is 0.144. The molecular weight excluding hydrogens is 314 g/mol. The van der Waals surface area contributed by atoms with E-state index in [0.29, 0.717) is 30.1 Å². The van der Waals surface area contributed by atoms with Crippen LogP contribution in [0.3, 0.4) is 0 Å². The molecule has 0 atom stereocenters. The number of carboxylic acid groups (broad SMARTS) is 1. The van der Waals surface area contributed by atoms with Crippen LogP contribution in [0.4, 0.5) is 5.69 Å². The first kappa shape index (κ1) is 15.9. The van der Waals surface area contributed by atoms with Gasteiger partial charge in [-0.15, -0.1) is 0 Å². The highest BCUT2D eigenvalue weighted by atomic mass is 35.5. The summed E-state index contributed by atoms with van der Waals surface area (Å²) in [6, 6.07) is 5.29. The summed E-state index contributed by atoms with van der Waals surface area (Å²) < 4.78 is 23.2. The lowest BCUT2D eigenvalue weighted by Crippen LogP contribution is -2.26. The topological polar surface area (TPSA) is 74.7 Å². The molecule has 21 heavy (non-hydrogen) atoms. The van der Waals surface area contributed by atoms with Crippen molar-refractivity contribution in [3.63, 3.8) is 0 Å². The molecule has 1 fully saturated rings. The number of halogens is 1. The second kappa shape index (κ2) is 6.49. The molecular formula is C14H16ClNO4S. The van der Waals surface area contributed by atoms with Crippen molar-refractivity contribution in [2.45, 2.75) is 6.42 Å². The molecule has 0 unspecified atom stereocenters. The Morgan fingerprint density at radius 3 is 2.71 bits per heavy atom. The monoisotopic (exact) mass is 329 g/mol. The minimum atomic E-state index is -2.95. The van der Waals surface area contributed by atoms with Crippen LogP contribution in [0, 0.1) is 0 Å². The lowest BCUT2D eigenvalue weighted by Gasteiger charge is -2.22. The number of anilines is 1. The largest absolute Gasteiger partial charge is 0.478 e. The molecule has 2 rings (SSSR count). The third-order valence-electron chi connectivity index (χ3n) is 3.31. The van der Waals surface area contributed by atoms with Crippen LogP contribution in [-0.2, 0) is 14.6 Å². The summed E-state index contributed by atoms with van der Waals surface area (Å²) >= 11 is 6.14. The Kier molecular flexibility index (Phi) is 4.90. The average Bonchev–Trinajstić information content (AvgIpc) is 2.58. The van der Waals surface area contributed by atoms with Crippen LogP contribution in [0.25, 0.3) is 6.08 Å². The quantitative estimate of drug-likeness (QED) is 0.859. The van der Waals surface area contributed by atoms with Gasteiger partial charge in [-0.2, -0.15) is 0 Å². The molecule has 1 aromatic carbocycles. The Bertz CT molecular complexity index is 670. The summed E-state index contributed by atoms with van der Waals surface area (Å²) in [6.07, 6.45) is 3.06. The zero-order chi connectivity index (χ0) is 15.5. The summed E-state index contributed by atoms with van der Waals surface area (Å²) in [6.45, 7) is 1.11. The van der Waals surface area contributed by atoms with E-state index in [2.05, 4.69) is 0 Å². The molecule has 7 heteroatoms. The molecule has 1 aliphatic rings. The maximum absolute atomic E-state index is 11.6. The van der Waals surface area contributed by atoms with E-state index in [0.717, 1.165) is 11.8 Å².